The molecule has 1 unspecified atom stereocenters. The lowest BCUT2D eigenvalue weighted by Crippen LogP contribution is -2.26. The van der Waals surface area contributed by atoms with Crippen LogP contribution in [-0.4, -0.2) is 23.0 Å². The summed E-state index contributed by atoms with van der Waals surface area (Å²) in [5.74, 6) is 0.900. The highest BCUT2D eigenvalue weighted by atomic mass is 35.5. The van der Waals surface area contributed by atoms with Crippen LogP contribution in [-0.2, 0) is 0 Å². The molecule has 0 spiro atoms. The predicted octanol–water partition coefficient (Wildman–Crippen LogP) is 3.52. The Kier molecular flexibility index (Phi) is 3.67. The zero-order valence-electron chi connectivity index (χ0n) is 11.4. The van der Waals surface area contributed by atoms with E-state index in [9.17, 15) is 10.1 Å². The van der Waals surface area contributed by atoms with Crippen LogP contribution < -0.4 is 4.90 Å². The highest BCUT2D eigenvalue weighted by molar-refractivity contribution is 6.29. The second kappa shape index (κ2) is 4.96. The molecule has 2 rings (SSSR count). The van der Waals surface area contributed by atoms with Gasteiger partial charge in [-0.2, -0.15) is 0 Å². The molecule has 0 radical (unpaired) electrons. The van der Waals surface area contributed by atoms with Gasteiger partial charge in [0.05, 0.1) is 4.92 Å². The van der Waals surface area contributed by atoms with Crippen LogP contribution in [0.2, 0.25) is 5.15 Å². The molecule has 104 valence electrons. The summed E-state index contributed by atoms with van der Waals surface area (Å²) in [6.07, 6.45) is 1.02. The van der Waals surface area contributed by atoms with Crippen LogP contribution in [0.3, 0.4) is 0 Å². The second-order valence-electron chi connectivity index (χ2n) is 6.03. The van der Waals surface area contributed by atoms with Crippen LogP contribution in [0.15, 0.2) is 12.1 Å². The normalized spacial score (nSPS) is 19.8. The van der Waals surface area contributed by atoms with Gasteiger partial charge in [-0.1, -0.05) is 32.4 Å². The minimum atomic E-state index is -0.400. The summed E-state index contributed by atoms with van der Waals surface area (Å²) in [5.41, 5.74) is 0.223. The average molecular weight is 284 g/mol. The zero-order chi connectivity index (χ0) is 14.2. The molecule has 0 saturated carbocycles. The average Bonchev–Trinajstić information content (AvgIpc) is 2.77. The lowest BCUT2D eigenvalue weighted by molar-refractivity contribution is -0.384. The van der Waals surface area contributed by atoms with E-state index in [1.165, 1.54) is 12.1 Å². The van der Waals surface area contributed by atoms with Crippen LogP contribution in [0, 0.1) is 21.4 Å². The fraction of sp³-hybridized carbons (Fsp3) is 0.615. The summed E-state index contributed by atoms with van der Waals surface area (Å²) in [5, 5.41) is 11.4. The molecule has 0 aromatic carbocycles. The molecule has 0 bridgehead atoms. The Labute approximate surface area is 117 Å². The van der Waals surface area contributed by atoms with Gasteiger partial charge in [-0.05, 0) is 23.8 Å². The largest absolute Gasteiger partial charge is 0.351 e. The molecule has 1 aromatic heterocycles. The number of halogens is 1. The summed E-state index contributed by atoms with van der Waals surface area (Å²) < 4.78 is 0. The van der Waals surface area contributed by atoms with Gasteiger partial charge in [0.25, 0.3) is 0 Å². The van der Waals surface area contributed by atoms with Gasteiger partial charge in [0.2, 0.25) is 5.82 Å². The third kappa shape index (κ3) is 2.97. The van der Waals surface area contributed by atoms with Crippen molar-refractivity contribution in [1.29, 1.82) is 0 Å². The van der Waals surface area contributed by atoms with Crippen molar-refractivity contribution in [2.45, 2.75) is 27.2 Å². The van der Waals surface area contributed by atoms with Gasteiger partial charge in [0, 0.05) is 19.2 Å². The van der Waals surface area contributed by atoms with Gasteiger partial charge in [-0.3, -0.25) is 10.1 Å². The number of aromatic nitrogens is 1. The van der Waals surface area contributed by atoms with Gasteiger partial charge < -0.3 is 4.90 Å². The maximum absolute atomic E-state index is 11.1. The van der Waals surface area contributed by atoms with Crippen molar-refractivity contribution < 1.29 is 4.92 Å². The van der Waals surface area contributed by atoms with E-state index < -0.39 is 4.92 Å². The predicted molar refractivity (Wildman–Crippen MR) is 75.7 cm³/mol. The monoisotopic (exact) mass is 283 g/mol. The van der Waals surface area contributed by atoms with Crippen molar-refractivity contribution >= 4 is 23.1 Å². The van der Waals surface area contributed by atoms with E-state index in [1.807, 2.05) is 4.90 Å². The number of anilines is 1. The second-order valence-corrected chi connectivity index (χ2v) is 6.42. The van der Waals surface area contributed by atoms with Gasteiger partial charge in [-0.15, -0.1) is 0 Å². The molecule has 1 aromatic rings. The number of hydrogen-bond acceptors (Lipinski definition) is 4. The van der Waals surface area contributed by atoms with E-state index >= 15 is 0 Å². The smallest absolute Gasteiger partial charge is 0.311 e. The molecule has 19 heavy (non-hydrogen) atoms. The van der Waals surface area contributed by atoms with Crippen LogP contribution in [0.5, 0.6) is 0 Å². The van der Waals surface area contributed by atoms with Gasteiger partial charge in [0.15, 0.2) is 0 Å². The summed E-state index contributed by atoms with van der Waals surface area (Å²) >= 11 is 5.87. The Hall–Kier alpha value is -1.36. The topological polar surface area (TPSA) is 59.3 Å². The molecule has 1 atom stereocenters. The number of pyridine rings is 1. The molecular formula is C13H18ClN3O2. The summed E-state index contributed by atoms with van der Waals surface area (Å²) in [6, 6.07) is 2.88. The minimum Gasteiger partial charge on any atom is -0.351 e. The molecule has 1 fully saturated rings. The Morgan fingerprint density at radius 3 is 2.68 bits per heavy atom. The molecular weight excluding hydrogens is 266 g/mol. The Balaban J connectivity index is 2.28. The fourth-order valence-electron chi connectivity index (χ4n) is 2.45. The van der Waals surface area contributed by atoms with Crippen molar-refractivity contribution in [3.05, 3.63) is 27.4 Å². The summed E-state index contributed by atoms with van der Waals surface area (Å²) in [4.78, 5) is 16.8. The van der Waals surface area contributed by atoms with Crippen LogP contribution in [0.4, 0.5) is 11.5 Å². The van der Waals surface area contributed by atoms with Gasteiger partial charge >= 0.3 is 5.69 Å². The van der Waals surface area contributed by atoms with Crippen LogP contribution in [0.25, 0.3) is 0 Å². The van der Waals surface area contributed by atoms with Gasteiger partial charge in [-0.25, -0.2) is 4.98 Å². The quantitative estimate of drug-likeness (QED) is 0.473. The maximum atomic E-state index is 11.1. The number of nitrogens with zero attached hydrogens (tertiary/aromatic N) is 3. The molecule has 0 N–H and O–H groups in total. The maximum Gasteiger partial charge on any atom is 0.311 e. The summed E-state index contributed by atoms with van der Waals surface area (Å²) in [7, 11) is 0. The van der Waals surface area contributed by atoms with Gasteiger partial charge in [0.1, 0.15) is 5.15 Å². The highest BCUT2D eigenvalue weighted by Crippen LogP contribution is 2.37. The van der Waals surface area contributed by atoms with E-state index in [0.29, 0.717) is 16.9 Å². The zero-order valence-corrected chi connectivity index (χ0v) is 12.1. The van der Waals surface area contributed by atoms with E-state index in [-0.39, 0.29) is 11.1 Å². The number of hydrogen-bond donors (Lipinski definition) is 0. The third-order valence-electron chi connectivity index (χ3n) is 3.73. The first-order chi connectivity index (χ1) is 8.79. The molecule has 5 nitrogen and oxygen atoms in total. The first-order valence-electron chi connectivity index (χ1n) is 6.35. The summed E-state index contributed by atoms with van der Waals surface area (Å²) in [6.45, 7) is 8.16. The lowest BCUT2D eigenvalue weighted by atomic mass is 9.80. The molecule has 0 amide bonds. The van der Waals surface area contributed by atoms with E-state index in [2.05, 4.69) is 25.8 Å². The lowest BCUT2D eigenvalue weighted by Gasteiger charge is -2.27. The molecule has 1 aliphatic rings. The van der Waals surface area contributed by atoms with Crippen molar-refractivity contribution in [2.24, 2.45) is 11.3 Å². The standard InChI is InChI=1S/C13H18ClN3O2/c1-13(2,3)9-6-7-16(8-9)12-10(17(18)19)4-5-11(14)15-12/h4-5,9H,6-8H2,1-3H3. The van der Waals surface area contributed by atoms with Crippen molar-refractivity contribution in [2.75, 3.05) is 18.0 Å². The van der Waals surface area contributed by atoms with Crippen molar-refractivity contribution in [3.8, 4) is 0 Å². The fourth-order valence-corrected chi connectivity index (χ4v) is 2.60. The van der Waals surface area contributed by atoms with Crippen LogP contribution in [0.1, 0.15) is 27.2 Å². The van der Waals surface area contributed by atoms with E-state index in [1.54, 1.807) is 0 Å². The molecule has 6 heteroatoms. The highest BCUT2D eigenvalue weighted by Gasteiger charge is 2.34. The molecule has 2 heterocycles. The van der Waals surface area contributed by atoms with E-state index in [4.69, 9.17) is 11.6 Å². The molecule has 0 aliphatic carbocycles. The number of nitro groups is 1. The SMILES string of the molecule is CC(C)(C)C1CCN(c2nc(Cl)ccc2[N+](=O)[O-])C1. The molecule has 1 aliphatic heterocycles. The van der Waals surface area contributed by atoms with Crippen molar-refractivity contribution in [1.82, 2.24) is 4.98 Å². The first-order valence-corrected chi connectivity index (χ1v) is 6.72. The third-order valence-corrected chi connectivity index (χ3v) is 3.94. The Morgan fingerprint density at radius 2 is 2.16 bits per heavy atom. The first kappa shape index (κ1) is 14.1. The molecule has 1 saturated heterocycles. The Morgan fingerprint density at radius 1 is 1.47 bits per heavy atom. The van der Waals surface area contributed by atoms with Crippen molar-refractivity contribution in [3.63, 3.8) is 0 Å². The Bertz CT molecular complexity index is 499. The minimum absolute atomic E-state index is 0.0268. The van der Waals surface area contributed by atoms with E-state index in [0.717, 1.165) is 19.5 Å². The van der Waals surface area contributed by atoms with Crippen LogP contribution >= 0.6 is 11.6 Å². The number of rotatable bonds is 2.